The molecule has 254 valence electrons. The van der Waals surface area contributed by atoms with Gasteiger partial charge in [-0.15, -0.1) is 0 Å². The van der Waals surface area contributed by atoms with Gasteiger partial charge in [-0.05, 0) is 89.0 Å². The molecule has 0 aliphatic carbocycles. The van der Waals surface area contributed by atoms with Crippen LogP contribution in [0, 0.1) is 17.6 Å². The van der Waals surface area contributed by atoms with E-state index >= 15 is 0 Å². The van der Waals surface area contributed by atoms with Crippen molar-refractivity contribution in [3.8, 4) is 0 Å². The fourth-order valence-corrected chi connectivity index (χ4v) is 7.72. The van der Waals surface area contributed by atoms with Crippen LogP contribution in [-0.4, -0.2) is 135 Å². The molecule has 0 aromatic heterocycles. The van der Waals surface area contributed by atoms with Gasteiger partial charge in [0.1, 0.15) is 17.2 Å². The number of carbonyl (C=O) groups is 2. The highest BCUT2D eigenvalue weighted by atomic mass is 32.2. The lowest BCUT2D eigenvalue weighted by atomic mass is 9.78. The third-order valence-electron chi connectivity index (χ3n) is 9.49. The van der Waals surface area contributed by atoms with Crippen LogP contribution in [0.5, 0.6) is 0 Å². The van der Waals surface area contributed by atoms with E-state index in [1.807, 2.05) is 32.7 Å². The molecule has 1 atom stereocenters. The maximum absolute atomic E-state index is 14.2. The molecular formula is C32H51F2N5O5S. The minimum atomic E-state index is -3.26. The maximum atomic E-state index is 14.2. The van der Waals surface area contributed by atoms with Crippen LogP contribution in [0.3, 0.4) is 0 Å². The summed E-state index contributed by atoms with van der Waals surface area (Å²) in [5, 5.41) is 0. The molecular weight excluding hydrogens is 604 g/mol. The quantitative estimate of drug-likeness (QED) is 0.402. The Balaban J connectivity index is 1.25. The van der Waals surface area contributed by atoms with Crippen LogP contribution in [0.4, 0.5) is 13.6 Å². The zero-order valence-corrected chi connectivity index (χ0v) is 28.3. The summed E-state index contributed by atoms with van der Waals surface area (Å²) in [6, 6.07) is 3.87. The number of benzene rings is 1. The Bertz CT molecular complexity index is 1250. The minimum absolute atomic E-state index is 0.0744. The maximum Gasteiger partial charge on any atom is 0.410 e. The van der Waals surface area contributed by atoms with E-state index in [0.717, 1.165) is 45.0 Å². The van der Waals surface area contributed by atoms with Crippen molar-refractivity contribution >= 4 is 22.0 Å². The van der Waals surface area contributed by atoms with Crippen LogP contribution in [0.15, 0.2) is 18.2 Å². The zero-order valence-electron chi connectivity index (χ0n) is 27.5. The first-order valence-corrected chi connectivity index (χ1v) is 18.0. The Morgan fingerprint density at radius 2 is 1.49 bits per heavy atom. The second kappa shape index (κ2) is 15.0. The number of halogens is 2. The Hall–Kier alpha value is -2.35. The molecule has 4 rings (SSSR count). The molecule has 3 fully saturated rings. The predicted octanol–water partition coefficient (Wildman–Crippen LogP) is 3.59. The highest BCUT2D eigenvalue weighted by Crippen LogP contribution is 2.37. The second-order valence-corrected chi connectivity index (χ2v) is 15.9. The summed E-state index contributed by atoms with van der Waals surface area (Å²) in [6.45, 7) is 11.4. The van der Waals surface area contributed by atoms with Crippen molar-refractivity contribution in [3.63, 3.8) is 0 Å². The van der Waals surface area contributed by atoms with Crippen LogP contribution in [-0.2, 0) is 19.6 Å². The normalized spacial score (nSPS) is 21.1. The molecule has 13 heteroatoms. The van der Waals surface area contributed by atoms with Crippen molar-refractivity contribution in [1.29, 1.82) is 0 Å². The molecule has 10 nitrogen and oxygen atoms in total. The summed E-state index contributed by atoms with van der Waals surface area (Å²) in [5.41, 5.74) is 0.0993. The van der Waals surface area contributed by atoms with Crippen LogP contribution in [0.25, 0.3) is 0 Å². The summed E-state index contributed by atoms with van der Waals surface area (Å²) < 4.78 is 59.4. The lowest BCUT2D eigenvalue weighted by molar-refractivity contribution is -0.134. The van der Waals surface area contributed by atoms with Crippen molar-refractivity contribution in [2.75, 3.05) is 78.8 Å². The van der Waals surface area contributed by atoms with Gasteiger partial charge in [-0.25, -0.2) is 26.3 Å². The van der Waals surface area contributed by atoms with E-state index < -0.39 is 27.3 Å². The topological polar surface area (TPSA) is 93.7 Å². The molecule has 0 radical (unpaired) electrons. The first-order valence-electron chi connectivity index (χ1n) is 16.2. The Morgan fingerprint density at radius 3 is 2.02 bits per heavy atom. The fraction of sp³-hybridized carbons (Fsp3) is 0.750. The molecule has 3 heterocycles. The van der Waals surface area contributed by atoms with Gasteiger partial charge in [0.25, 0.3) is 0 Å². The third kappa shape index (κ3) is 10.3. The first kappa shape index (κ1) is 35.5. The van der Waals surface area contributed by atoms with E-state index in [1.54, 1.807) is 4.90 Å². The average Bonchev–Trinajstić information content (AvgIpc) is 2.96. The third-order valence-corrected chi connectivity index (χ3v) is 10.8. The Morgan fingerprint density at radius 1 is 0.911 bits per heavy atom. The summed E-state index contributed by atoms with van der Waals surface area (Å²) in [6.07, 6.45) is 4.63. The number of ether oxygens (including phenoxy) is 1. The van der Waals surface area contributed by atoms with Gasteiger partial charge >= 0.3 is 6.09 Å². The standard InChI is InChI=1S/C32H51F2N5O5S/c1-32(2,3)44-31(41)38-18-16-37(17-19-38)23-30(40)35(4)28-8-11-36(12-9-28)13-10-29(25-20-26(33)22-27(34)21-25)24-6-14-39(15-7-24)45(5,42)43/h20-22,24,28-29H,6-19,23H2,1-5H3. The number of hydrogen-bond acceptors (Lipinski definition) is 7. The number of likely N-dealkylation sites (N-methyl/N-ethyl adjacent to an activating group) is 1. The summed E-state index contributed by atoms with van der Waals surface area (Å²) in [7, 11) is -1.39. The van der Waals surface area contributed by atoms with Gasteiger partial charge in [0, 0.05) is 71.5 Å². The summed E-state index contributed by atoms with van der Waals surface area (Å²) in [5.74, 6) is -1.05. The van der Waals surface area contributed by atoms with Gasteiger partial charge in [-0.2, -0.15) is 0 Å². The molecule has 1 unspecified atom stereocenters. The van der Waals surface area contributed by atoms with Gasteiger partial charge in [0.05, 0.1) is 12.8 Å². The number of rotatable bonds is 9. The van der Waals surface area contributed by atoms with Crippen molar-refractivity contribution in [1.82, 2.24) is 23.9 Å². The lowest BCUT2D eigenvalue weighted by Gasteiger charge is -2.40. The molecule has 3 saturated heterocycles. The predicted molar refractivity (Wildman–Crippen MR) is 169 cm³/mol. The van der Waals surface area contributed by atoms with Crippen molar-refractivity contribution in [3.05, 3.63) is 35.4 Å². The molecule has 0 spiro atoms. The molecule has 2 amide bonds. The van der Waals surface area contributed by atoms with E-state index in [1.165, 1.54) is 22.7 Å². The molecule has 45 heavy (non-hydrogen) atoms. The molecule has 0 bridgehead atoms. The number of nitrogens with zero attached hydrogens (tertiary/aromatic N) is 5. The second-order valence-electron chi connectivity index (χ2n) is 13.9. The number of hydrogen-bond donors (Lipinski definition) is 0. The van der Waals surface area contributed by atoms with Gasteiger partial charge in [0.15, 0.2) is 0 Å². The van der Waals surface area contributed by atoms with Gasteiger partial charge < -0.3 is 19.4 Å². The number of amides is 2. The molecule has 3 aliphatic rings. The summed E-state index contributed by atoms with van der Waals surface area (Å²) >= 11 is 0. The smallest absolute Gasteiger partial charge is 0.410 e. The zero-order chi connectivity index (χ0) is 32.9. The van der Waals surface area contributed by atoms with Crippen molar-refractivity contribution in [2.24, 2.45) is 5.92 Å². The van der Waals surface area contributed by atoms with Crippen LogP contribution in [0.2, 0.25) is 0 Å². The number of likely N-dealkylation sites (tertiary alicyclic amines) is 1. The van der Waals surface area contributed by atoms with Crippen LogP contribution >= 0.6 is 0 Å². The van der Waals surface area contributed by atoms with Gasteiger partial charge in [-0.1, -0.05) is 0 Å². The van der Waals surface area contributed by atoms with E-state index in [4.69, 9.17) is 4.74 Å². The fourth-order valence-electron chi connectivity index (χ4n) is 6.85. The highest BCUT2D eigenvalue weighted by Gasteiger charge is 2.33. The molecule has 1 aromatic carbocycles. The minimum Gasteiger partial charge on any atom is -0.444 e. The lowest BCUT2D eigenvalue weighted by Crippen LogP contribution is -2.53. The van der Waals surface area contributed by atoms with Crippen molar-refractivity contribution in [2.45, 2.75) is 70.4 Å². The van der Waals surface area contributed by atoms with E-state index in [0.29, 0.717) is 64.2 Å². The molecule has 0 saturated carbocycles. The monoisotopic (exact) mass is 655 g/mol. The first-order chi connectivity index (χ1) is 21.1. The Kier molecular flexibility index (Phi) is 11.9. The Labute approximate surface area is 267 Å². The van der Waals surface area contributed by atoms with Crippen molar-refractivity contribution < 1.29 is 31.5 Å². The molecule has 1 aromatic rings. The summed E-state index contributed by atoms with van der Waals surface area (Å²) in [4.78, 5) is 33.5. The van der Waals surface area contributed by atoms with Gasteiger partial charge in [-0.3, -0.25) is 9.69 Å². The largest absolute Gasteiger partial charge is 0.444 e. The number of carbonyl (C=O) groups excluding carboxylic acids is 2. The molecule has 0 N–H and O–H groups in total. The number of sulfonamides is 1. The van der Waals surface area contributed by atoms with E-state index in [9.17, 15) is 26.8 Å². The molecule has 3 aliphatic heterocycles. The van der Waals surface area contributed by atoms with Crippen LogP contribution < -0.4 is 0 Å². The number of piperazine rings is 1. The van der Waals surface area contributed by atoms with Gasteiger partial charge in [0.2, 0.25) is 15.9 Å². The van der Waals surface area contributed by atoms with E-state index in [-0.39, 0.29) is 29.9 Å². The van der Waals surface area contributed by atoms with E-state index in [2.05, 4.69) is 9.80 Å². The van der Waals surface area contributed by atoms with Crippen LogP contribution in [0.1, 0.15) is 64.4 Å². The number of piperidine rings is 2. The SMILES string of the molecule is CN(C(=O)CN1CCN(C(=O)OC(C)(C)C)CC1)C1CCN(CCC(c2cc(F)cc(F)c2)C2CCN(S(C)(=O)=O)CC2)CC1. The average molecular weight is 656 g/mol. The highest BCUT2D eigenvalue weighted by molar-refractivity contribution is 7.88.